The molecule has 5 heteroatoms. The lowest BCUT2D eigenvalue weighted by Gasteiger charge is -1.98. The van der Waals surface area contributed by atoms with Gasteiger partial charge >= 0.3 is 0 Å². The molecule has 0 radical (unpaired) electrons. The molecule has 2 aromatic heterocycles. The van der Waals surface area contributed by atoms with Crippen molar-refractivity contribution < 1.29 is 14.0 Å². The number of aryl methyl sites for hydroxylation is 3. The molecule has 0 N–H and O–H groups in total. The Morgan fingerprint density at radius 3 is 2.63 bits per heavy atom. The number of furan rings is 1. The van der Waals surface area contributed by atoms with Gasteiger partial charge in [0.15, 0.2) is 11.5 Å². The summed E-state index contributed by atoms with van der Waals surface area (Å²) in [4.78, 5) is 24.0. The van der Waals surface area contributed by atoms with Crippen LogP contribution in [-0.2, 0) is 13.5 Å². The first-order chi connectivity index (χ1) is 9.01. The molecule has 0 amide bonds. The van der Waals surface area contributed by atoms with Gasteiger partial charge in [-0.15, -0.1) is 0 Å². The third kappa shape index (κ3) is 2.81. The Bertz CT molecular complexity index is 622. The topological polar surface area (TPSA) is 65.1 Å². The number of carbonyl (C=O) groups is 2. The molecule has 0 fully saturated rings. The normalized spacial score (nSPS) is 10.7. The van der Waals surface area contributed by atoms with E-state index in [9.17, 15) is 9.59 Å². The summed E-state index contributed by atoms with van der Waals surface area (Å²) >= 11 is 0. The molecule has 5 nitrogen and oxygen atoms in total. The van der Waals surface area contributed by atoms with Crippen LogP contribution in [0.5, 0.6) is 0 Å². The van der Waals surface area contributed by atoms with Gasteiger partial charge in [0.2, 0.25) is 5.78 Å². The lowest BCUT2D eigenvalue weighted by molar-refractivity contribution is 0.0877. The molecule has 0 aliphatic carbocycles. The minimum atomic E-state index is -0.302. The van der Waals surface area contributed by atoms with Crippen LogP contribution in [0.3, 0.4) is 0 Å². The molecular weight excluding hydrogens is 244 g/mol. The maximum absolute atomic E-state index is 12.1. The maximum Gasteiger partial charge on any atom is 0.205 e. The van der Waals surface area contributed by atoms with Gasteiger partial charge in [0.1, 0.15) is 5.76 Å². The average Bonchev–Trinajstić information content (AvgIpc) is 2.95. The molecule has 0 aliphatic heterocycles. The zero-order chi connectivity index (χ0) is 14.0. The molecule has 0 saturated carbocycles. The van der Waals surface area contributed by atoms with Crippen LogP contribution in [0.1, 0.15) is 45.7 Å². The van der Waals surface area contributed by atoms with E-state index in [0.717, 1.165) is 5.69 Å². The van der Waals surface area contributed by atoms with E-state index in [1.54, 1.807) is 37.0 Å². The Hall–Kier alpha value is -2.17. The van der Waals surface area contributed by atoms with Crippen molar-refractivity contribution in [3.8, 4) is 0 Å². The van der Waals surface area contributed by atoms with E-state index in [1.165, 1.54) is 0 Å². The first kappa shape index (κ1) is 13.3. The maximum atomic E-state index is 12.1. The van der Waals surface area contributed by atoms with Gasteiger partial charge in [-0.1, -0.05) is 6.92 Å². The third-order valence-electron chi connectivity index (χ3n) is 2.88. The number of ketones is 2. The minimum absolute atomic E-state index is 0.189. The molecule has 0 bridgehead atoms. The summed E-state index contributed by atoms with van der Waals surface area (Å²) in [7, 11) is 1.76. The van der Waals surface area contributed by atoms with Crippen molar-refractivity contribution in [1.29, 1.82) is 0 Å². The molecule has 19 heavy (non-hydrogen) atoms. The van der Waals surface area contributed by atoms with Gasteiger partial charge in [0.25, 0.3) is 0 Å². The molecular formula is C14H16N2O3. The molecule has 0 aliphatic rings. The fourth-order valence-electron chi connectivity index (χ4n) is 1.94. The van der Waals surface area contributed by atoms with Crippen LogP contribution in [0.2, 0.25) is 0 Å². The summed E-state index contributed by atoms with van der Waals surface area (Å²) in [6.07, 6.45) is 2.13. The van der Waals surface area contributed by atoms with Gasteiger partial charge in [-0.05, 0) is 25.5 Å². The molecule has 100 valence electrons. The van der Waals surface area contributed by atoms with E-state index in [2.05, 4.69) is 5.10 Å². The number of Topliss-reactive ketones (excluding diaryl/α,β-unsaturated/α-hetero) is 2. The second-order valence-electron chi connectivity index (χ2n) is 4.45. The summed E-state index contributed by atoms with van der Waals surface area (Å²) in [5.41, 5.74) is 1.23. The number of hydrogen-bond acceptors (Lipinski definition) is 4. The number of nitrogens with zero attached hydrogens (tertiary/aromatic N) is 2. The third-order valence-corrected chi connectivity index (χ3v) is 2.88. The lowest BCUT2D eigenvalue weighted by Crippen LogP contribution is -2.09. The van der Waals surface area contributed by atoms with Crippen molar-refractivity contribution in [2.24, 2.45) is 7.05 Å². The lowest BCUT2D eigenvalue weighted by atomic mass is 10.0. The van der Waals surface area contributed by atoms with E-state index >= 15 is 0 Å². The summed E-state index contributed by atoms with van der Waals surface area (Å²) < 4.78 is 6.81. The van der Waals surface area contributed by atoms with Crippen LogP contribution in [0.15, 0.2) is 22.7 Å². The van der Waals surface area contributed by atoms with E-state index in [-0.39, 0.29) is 23.7 Å². The quantitative estimate of drug-likeness (QED) is 0.611. The summed E-state index contributed by atoms with van der Waals surface area (Å²) in [6.45, 7) is 3.69. The molecule has 0 atom stereocenters. The van der Waals surface area contributed by atoms with Crippen molar-refractivity contribution in [1.82, 2.24) is 9.78 Å². The first-order valence-electron chi connectivity index (χ1n) is 6.16. The predicted octanol–water partition coefficient (Wildman–Crippen LogP) is 2.34. The number of carbonyl (C=O) groups excluding carboxylic acids is 2. The Labute approximate surface area is 111 Å². The van der Waals surface area contributed by atoms with Crippen LogP contribution >= 0.6 is 0 Å². The van der Waals surface area contributed by atoms with Crippen molar-refractivity contribution in [3.63, 3.8) is 0 Å². The number of rotatable bonds is 5. The molecule has 0 saturated heterocycles. The fourth-order valence-corrected chi connectivity index (χ4v) is 1.94. The Morgan fingerprint density at radius 2 is 2.05 bits per heavy atom. The summed E-state index contributed by atoms with van der Waals surface area (Å²) in [5, 5.41) is 4.20. The SMILES string of the molecule is CCc1nn(C)cc1C(=O)CC(=O)c1ccc(C)o1. The molecule has 2 aromatic rings. The largest absolute Gasteiger partial charge is 0.458 e. The van der Waals surface area contributed by atoms with Crippen molar-refractivity contribution in [2.45, 2.75) is 26.7 Å². The zero-order valence-corrected chi connectivity index (χ0v) is 11.3. The second kappa shape index (κ2) is 5.22. The van der Waals surface area contributed by atoms with Gasteiger partial charge in [-0.25, -0.2) is 0 Å². The first-order valence-corrected chi connectivity index (χ1v) is 6.16. The van der Waals surface area contributed by atoms with Crippen molar-refractivity contribution in [2.75, 3.05) is 0 Å². The molecule has 0 spiro atoms. The van der Waals surface area contributed by atoms with Crippen LogP contribution in [0, 0.1) is 6.92 Å². The predicted molar refractivity (Wildman–Crippen MR) is 69.3 cm³/mol. The highest BCUT2D eigenvalue weighted by molar-refractivity contribution is 6.12. The van der Waals surface area contributed by atoms with Crippen molar-refractivity contribution >= 4 is 11.6 Å². The van der Waals surface area contributed by atoms with Gasteiger partial charge < -0.3 is 4.42 Å². The highest BCUT2D eigenvalue weighted by Gasteiger charge is 2.20. The van der Waals surface area contributed by atoms with Crippen LogP contribution < -0.4 is 0 Å². The molecule has 0 aromatic carbocycles. The molecule has 0 unspecified atom stereocenters. The van der Waals surface area contributed by atoms with Gasteiger partial charge in [0, 0.05) is 13.2 Å². The zero-order valence-electron chi connectivity index (χ0n) is 11.3. The standard InChI is InChI=1S/C14H16N2O3/c1-4-11-10(8-16(3)15-11)12(17)7-13(18)14-6-5-9(2)19-14/h5-6,8H,4,7H2,1-3H3. The van der Waals surface area contributed by atoms with E-state index < -0.39 is 0 Å². The van der Waals surface area contributed by atoms with Gasteiger partial charge in [0.05, 0.1) is 17.7 Å². The highest BCUT2D eigenvalue weighted by atomic mass is 16.3. The van der Waals surface area contributed by atoms with Crippen LogP contribution in [0.4, 0.5) is 0 Å². The Morgan fingerprint density at radius 1 is 1.32 bits per heavy atom. The highest BCUT2D eigenvalue weighted by Crippen LogP contribution is 2.14. The smallest absolute Gasteiger partial charge is 0.205 e. The summed E-state index contributed by atoms with van der Waals surface area (Å²) in [6, 6.07) is 3.30. The van der Waals surface area contributed by atoms with Gasteiger partial charge in [-0.3, -0.25) is 14.3 Å². The monoisotopic (exact) mass is 260 g/mol. The summed E-state index contributed by atoms with van der Waals surface area (Å²) in [5.74, 6) is 0.368. The Kier molecular flexibility index (Phi) is 3.64. The van der Waals surface area contributed by atoms with Crippen LogP contribution in [0.25, 0.3) is 0 Å². The van der Waals surface area contributed by atoms with E-state index in [1.807, 2.05) is 6.92 Å². The Balaban J connectivity index is 2.14. The van der Waals surface area contributed by atoms with Crippen LogP contribution in [-0.4, -0.2) is 21.3 Å². The number of aromatic nitrogens is 2. The van der Waals surface area contributed by atoms with Gasteiger partial charge in [-0.2, -0.15) is 5.10 Å². The van der Waals surface area contributed by atoms with Crippen molar-refractivity contribution in [3.05, 3.63) is 41.1 Å². The minimum Gasteiger partial charge on any atom is -0.458 e. The van der Waals surface area contributed by atoms with E-state index in [0.29, 0.717) is 17.7 Å². The van der Waals surface area contributed by atoms with E-state index in [4.69, 9.17) is 4.42 Å². The average molecular weight is 260 g/mol. The number of hydrogen-bond donors (Lipinski definition) is 0. The molecule has 2 heterocycles. The molecule has 2 rings (SSSR count). The second-order valence-corrected chi connectivity index (χ2v) is 4.45. The fraction of sp³-hybridized carbons (Fsp3) is 0.357.